The Bertz CT molecular complexity index is 1470. The summed E-state index contributed by atoms with van der Waals surface area (Å²) in [5, 5.41) is 10.4. The van der Waals surface area contributed by atoms with E-state index in [4.69, 9.17) is 16.3 Å². The van der Waals surface area contributed by atoms with Gasteiger partial charge in [-0.1, -0.05) is 44.0 Å². The number of fused-ring (bicyclic) bond motifs is 1. The number of hydrogen-bond acceptors (Lipinski definition) is 6. The van der Waals surface area contributed by atoms with E-state index in [1.54, 1.807) is 13.0 Å². The molecule has 4 rings (SSSR count). The second-order valence-electron chi connectivity index (χ2n) is 9.70. The zero-order valence-electron chi connectivity index (χ0n) is 20.5. The number of aromatic nitrogens is 1. The molecule has 2 aliphatic rings. The van der Waals surface area contributed by atoms with E-state index in [1.807, 2.05) is 6.08 Å². The SMILES string of the molecule is COc1c[n+](O)c(N2C(=O)c3c(Cl)ccc(NS(=O)(=O)C4=CC=C(C(C)(C)C)CC4)c3C2=O)cc1C. The number of benzene rings is 1. The zero-order chi connectivity index (χ0) is 26.6. The summed E-state index contributed by atoms with van der Waals surface area (Å²) in [6, 6.07) is 4.11. The summed E-state index contributed by atoms with van der Waals surface area (Å²) < 4.78 is 34.6. The molecule has 0 bridgehead atoms. The molecule has 1 aliphatic carbocycles. The highest BCUT2D eigenvalue weighted by atomic mass is 35.5. The summed E-state index contributed by atoms with van der Waals surface area (Å²) in [7, 11) is -2.60. The van der Waals surface area contributed by atoms with Gasteiger partial charge in [0.15, 0.2) is 11.9 Å². The Balaban J connectivity index is 1.74. The Hall–Kier alpha value is -3.37. The highest BCUT2D eigenvalue weighted by Crippen LogP contribution is 2.39. The third-order valence-corrected chi connectivity index (χ3v) is 8.14. The van der Waals surface area contributed by atoms with Gasteiger partial charge in [0.1, 0.15) is 11.1 Å². The maximum atomic E-state index is 13.4. The van der Waals surface area contributed by atoms with Crippen LogP contribution >= 0.6 is 11.6 Å². The van der Waals surface area contributed by atoms with Crippen LogP contribution in [0.15, 0.2) is 47.0 Å². The summed E-state index contributed by atoms with van der Waals surface area (Å²) in [5.74, 6) is -1.41. The van der Waals surface area contributed by atoms with Crippen molar-refractivity contribution in [1.82, 2.24) is 0 Å². The molecule has 2 amide bonds. The van der Waals surface area contributed by atoms with Crippen molar-refractivity contribution in [2.24, 2.45) is 5.41 Å². The number of amides is 2. The number of anilines is 2. The van der Waals surface area contributed by atoms with E-state index in [1.165, 1.54) is 31.5 Å². The molecular weight excluding hydrogens is 506 g/mol. The van der Waals surface area contributed by atoms with E-state index >= 15 is 0 Å². The predicted octanol–water partition coefficient (Wildman–Crippen LogP) is 4.37. The zero-order valence-corrected chi connectivity index (χ0v) is 22.1. The van der Waals surface area contributed by atoms with Gasteiger partial charge in [0.25, 0.3) is 10.0 Å². The van der Waals surface area contributed by atoms with Gasteiger partial charge in [0.2, 0.25) is 0 Å². The number of methoxy groups -OCH3 is 1. The molecule has 9 nitrogen and oxygen atoms in total. The normalized spacial score (nSPS) is 16.0. The molecular formula is C25H27ClN3O6S+. The molecule has 190 valence electrons. The molecule has 1 aromatic heterocycles. The monoisotopic (exact) mass is 532 g/mol. The van der Waals surface area contributed by atoms with Crippen LogP contribution in [0.1, 0.15) is 59.9 Å². The minimum absolute atomic E-state index is 0.0156. The molecule has 2 heterocycles. The second kappa shape index (κ2) is 8.94. The van der Waals surface area contributed by atoms with Crippen LogP contribution in [0.5, 0.6) is 5.75 Å². The summed E-state index contributed by atoms with van der Waals surface area (Å²) in [4.78, 5) is 27.6. The Morgan fingerprint density at radius 2 is 1.78 bits per heavy atom. The van der Waals surface area contributed by atoms with Crippen LogP contribution in [0.4, 0.5) is 11.5 Å². The van der Waals surface area contributed by atoms with Gasteiger partial charge < -0.3 is 9.94 Å². The van der Waals surface area contributed by atoms with E-state index in [9.17, 15) is 23.2 Å². The quantitative estimate of drug-likeness (QED) is 0.335. The number of carbonyl (C=O) groups is 2. The van der Waals surface area contributed by atoms with Gasteiger partial charge in [-0.2, -0.15) is 0 Å². The standard InChI is InChI=1S/C25H26ClN3O6S/c1-14-12-20(28(32)13-19(14)35-5)29-23(30)21-17(26)10-11-18(22(21)24(29)31)27-36(33,34)16-8-6-15(7-9-16)25(2,3)4/h6,8,10-13H,7,9H2,1-5H3,(H-,27,31,32)/p+1. The van der Waals surface area contributed by atoms with E-state index in [0.717, 1.165) is 10.5 Å². The number of pyridine rings is 1. The molecule has 0 saturated heterocycles. The van der Waals surface area contributed by atoms with E-state index < -0.39 is 21.8 Å². The fraction of sp³-hybridized carbons (Fsp3) is 0.320. The van der Waals surface area contributed by atoms with Crippen molar-refractivity contribution in [2.75, 3.05) is 16.7 Å². The van der Waals surface area contributed by atoms with Gasteiger partial charge in [-0.25, -0.2) is 18.0 Å². The molecule has 11 heteroatoms. The van der Waals surface area contributed by atoms with E-state index in [0.29, 0.717) is 28.9 Å². The number of sulfonamides is 1. The van der Waals surface area contributed by atoms with Gasteiger partial charge in [0.05, 0.1) is 22.7 Å². The van der Waals surface area contributed by atoms with Crippen LogP contribution in [0, 0.1) is 12.3 Å². The molecule has 36 heavy (non-hydrogen) atoms. The number of nitrogens with one attached hydrogen (secondary N) is 1. The number of ether oxygens (including phenoxy) is 1. The molecule has 0 radical (unpaired) electrons. The topological polar surface area (TPSA) is 117 Å². The fourth-order valence-corrected chi connectivity index (χ4v) is 5.73. The van der Waals surface area contributed by atoms with Crippen LogP contribution in [-0.2, 0) is 10.0 Å². The van der Waals surface area contributed by atoms with Crippen molar-refractivity contribution in [3.05, 3.63) is 68.7 Å². The van der Waals surface area contributed by atoms with Gasteiger partial charge in [-0.15, -0.1) is 4.90 Å². The summed E-state index contributed by atoms with van der Waals surface area (Å²) in [6.07, 6.45) is 5.49. The Morgan fingerprint density at radius 1 is 1.11 bits per heavy atom. The lowest BCUT2D eigenvalue weighted by Crippen LogP contribution is -2.43. The number of aryl methyl sites for hydroxylation is 1. The van der Waals surface area contributed by atoms with Crippen LogP contribution in [0.2, 0.25) is 5.02 Å². The van der Waals surface area contributed by atoms with Crippen LogP contribution in [0.3, 0.4) is 0 Å². The number of rotatable bonds is 5. The number of carbonyl (C=O) groups excluding carboxylic acids is 2. The van der Waals surface area contributed by atoms with Crippen LogP contribution in [-0.4, -0.2) is 32.5 Å². The lowest BCUT2D eigenvalue weighted by Gasteiger charge is -2.26. The average molecular weight is 533 g/mol. The molecule has 1 aromatic carbocycles. The van der Waals surface area contributed by atoms with Crippen molar-refractivity contribution < 1.29 is 32.7 Å². The van der Waals surface area contributed by atoms with Crippen molar-refractivity contribution in [3.63, 3.8) is 0 Å². The highest BCUT2D eigenvalue weighted by Gasteiger charge is 2.49. The van der Waals surface area contributed by atoms with Gasteiger partial charge in [-0.05, 0) is 48.1 Å². The first-order valence-electron chi connectivity index (χ1n) is 11.2. The molecule has 0 unspecified atom stereocenters. The van der Waals surface area contributed by atoms with Gasteiger partial charge in [0, 0.05) is 11.6 Å². The second-order valence-corrected chi connectivity index (χ2v) is 11.8. The van der Waals surface area contributed by atoms with E-state index in [-0.39, 0.29) is 38.0 Å². The molecule has 0 spiro atoms. The molecule has 0 fully saturated rings. The van der Waals surface area contributed by atoms with E-state index in [2.05, 4.69) is 25.5 Å². The minimum atomic E-state index is -4.02. The molecule has 2 N–H and O–H groups in total. The van der Waals surface area contributed by atoms with Crippen molar-refractivity contribution in [2.45, 2.75) is 40.5 Å². The van der Waals surface area contributed by atoms with Gasteiger partial charge >= 0.3 is 17.6 Å². The Morgan fingerprint density at radius 3 is 2.36 bits per heavy atom. The lowest BCUT2D eigenvalue weighted by atomic mass is 9.82. The first kappa shape index (κ1) is 25.7. The average Bonchev–Trinajstić information content (AvgIpc) is 3.07. The third kappa shape index (κ3) is 4.35. The first-order chi connectivity index (χ1) is 16.8. The van der Waals surface area contributed by atoms with Crippen molar-refractivity contribution in [1.29, 1.82) is 0 Å². The summed E-state index contributed by atoms with van der Waals surface area (Å²) in [5.41, 5.74) is 1.22. The maximum absolute atomic E-state index is 13.4. The molecule has 2 aromatic rings. The first-order valence-corrected chi connectivity index (χ1v) is 13.1. The summed E-state index contributed by atoms with van der Waals surface area (Å²) >= 11 is 6.27. The summed E-state index contributed by atoms with van der Waals surface area (Å²) in [6.45, 7) is 7.88. The number of halogens is 1. The third-order valence-electron chi connectivity index (χ3n) is 6.31. The van der Waals surface area contributed by atoms with Crippen LogP contribution < -0.4 is 19.1 Å². The lowest BCUT2D eigenvalue weighted by molar-refractivity contribution is -0.894. The van der Waals surface area contributed by atoms with Gasteiger partial charge in [-0.3, -0.25) is 4.72 Å². The highest BCUT2D eigenvalue weighted by molar-refractivity contribution is 7.96. The number of imide groups is 1. The van der Waals surface area contributed by atoms with Crippen molar-refractivity contribution >= 4 is 44.9 Å². The molecule has 1 aliphatic heterocycles. The predicted molar refractivity (Wildman–Crippen MR) is 135 cm³/mol. The Labute approximate surface area is 214 Å². The minimum Gasteiger partial charge on any atom is -0.493 e. The fourth-order valence-electron chi connectivity index (χ4n) is 4.29. The molecule has 0 saturated carbocycles. The van der Waals surface area contributed by atoms with Crippen molar-refractivity contribution in [3.8, 4) is 5.75 Å². The maximum Gasteiger partial charge on any atom is 0.352 e. The van der Waals surface area contributed by atoms with Crippen LogP contribution in [0.25, 0.3) is 0 Å². The molecule has 0 atom stereocenters. The Kier molecular flexibility index (Phi) is 6.38. The number of hydrogen-bond donors (Lipinski definition) is 2. The number of allylic oxidation sites excluding steroid dienone is 4. The smallest absolute Gasteiger partial charge is 0.352 e. The largest absolute Gasteiger partial charge is 0.493 e. The number of nitrogens with zero attached hydrogens (tertiary/aromatic N) is 2.